The third-order valence-electron chi connectivity index (χ3n) is 3.35. The highest BCUT2D eigenvalue weighted by Crippen LogP contribution is 2.13. The molecule has 0 saturated heterocycles. The first-order valence-electron chi connectivity index (χ1n) is 8.61. The van der Waals surface area contributed by atoms with E-state index in [1.807, 2.05) is 6.92 Å². The molecule has 0 radical (unpaired) electrons. The molecule has 0 aliphatic heterocycles. The summed E-state index contributed by atoms with van der Waals surface area (Å²) >= 11 is 0. The molecule has 0 rings (SSSR count). The van der Waals surface area contributed by atoms with Gasteiger partial charge in [-0.15, -0.1) is 0 Å². The van der Waals surface area contributed by atoms with E-state index >= 15 is 0 Å². The summed E-state index contributed by atoms with van der Waals surface area (Å²) in [5, 5.41) is 0. The van der Waals surface area contributed by atoms with Crippen LogP contribution in [0, 0.1) is 5.92 Å². The van der Waals surface area contributed by atoms with Gasteiger partial charge in [0.05, 0.1) is 45.6 Å². The molecule has 0 heterocycles. The van der Waals surface area contributed by atoms with Gasteiger partial charge in [0.25, 0.3) is 0 Å². The number of rotatable bonds is 17. The van der Waals surface area contributed by atoms with Crippen molar-refractivity contribution >= 4 is 11.9 Å². The van der Waals surface area contributed by atoms with Gasteiger partial charge in [0.15, 0.2) is 0 Å². The van der Waals surface area contributed by atoms with Gasteiger partial charge in [-0.2, -0.15) is 0 Å². The van der Waals surface area contributed by atoms with E-state index in [1.165, 1.54) is 0 Å². The topological polar surface area (TPSA) is 89.5 Å². The first kappa shape index (κ1) is 23.8. The molecule has 0 aromatic rings. The molecular formula is C17H32O8. The lowest BCUT2D eigenvalue weighted by molar-refractivity contribution is -0.151. The van der Waals surface area contributed by atoms with Crippen molar-refractivity contribution < 1.29 is 38.0 Å². The highest BCUT2D eigenvalue weighted by atomic mass is 16.6. The van der Waals surface area contributed by atoms with Crippen LogP contribution >= 0.6 is 0 Å². The summed E-state index contributed by atoms with van der Waals surface area (Å²) in [5.74, 6) is -0.970. The van der Waals surface area contributed by atoms with Crippen LogP contribution in [0.4, 0.5) is 0 Å². The standard InChI is InChI=1S/C17H32O8/c1-4-15(17(19)25-14-12-23-10-8-21-3)5-6-16(18)24-13-11-22-9-7-20-2/h15H,4-14H2,1-3H3. The molecule has 0 aromatic carbocycles. The van der Waals surface area contributed by atoms with Crippen LogP contribution in [0.2, 0.25) is 0 Å². The van der Waals surface area contributed by atoms with E-state index < -0.39 is 0 Å². The smallest absolute Gasteiger partial charge is 0.309 e. The van der Waals surface area contributed by atoms with Crippen molar-refractivity contribution in [2.75, 3.05) is 67.1 Å². The molecule has 0 aliphatic rings. The quantitative estimate of drug-likeness (QED) is 0.281. The Balaban J connectivity index is 3.73. The molecule has 0 amide bonds. The van der Waals surface area contributed by atoms with Crippen molar-refractivity contribution in [2.45, 2.75) is 26.2 Å². The number of hydrogen-bond donors (Lipinski definition) is 0. The molecule has 0 fully saturated rings. The molecule has 8 heteroatoms. The molecule has 1 atom stereocenters. The zero-order valence-corrected chi connectivity index (χ0v) is 15.6. The highest BCUT2D eigenvalue weighted by molar-refractivity contribution is 5.74. The Kier molecular flexibility index (Phi) is 16.7. The molecule has 0 aromatic heterocycles. The lowest BCUT2D eigenvalue weighted by atomic mass is 10.0. The fourth-order valence-electron chi connectivity index (χ4n) is 1.87. The van der Waals surface area contributed by atoms with Crippen LogP contribution in [-0.4, -0.2) is 79.0 Å². The van der Waals surface area contributed by atoms with Crippen LogP contribution in [0.3, 0.4) is 0 Å². The molecule has 0 aliphatic carbocycles. The third kappa shape index (κ3) is 14.8. The van der Waals surface area contributed by atoms with Gasteiger partial charge in [-0.05, 0) is 12.8 Å². The fraction of sp³-hybridized carbons (Fsp3) is 0.882. The minimum Gasteiger partial charge on any atom is -0.463 e. The maximum Gasteiger partial charge on any atom is 0.309 e. The van der Waals surface area contributed by atoms with Crippen LogP contribution in [-0.2, 0) is 38.0 Å². The Hall–Kier alpha value is -1.22. The van der Waals surface area contributed by atoms with E-state index in [4.69, 9.17) is 28.4 Å². The first-order valence-corrected chi connectivity index (χ1v) is 8.61. The molecule has 1 unspecified atom stereocenters. The number of methoxy groups -OCH3 is 2. The van der Waals surface area contributed by atoms with Crippen molar-refractivity contribution in [3.8, 4) is 0 Å². The van der Waals surface area contributed by atoms with Crippen LogP contribution in [0.1, 0.15) is 26.2 Å². The zero-order chi connectivity index (χ0) is 18.8. The zero-order valence-electron chi connectivity index (χ0n) is 15.6. The molecule has 0 saturated carbocycles. The Morgan fingerprint density at radius 3 is 1.80 bits per heavy atom. The van der Waals surface area contributed by atoms with Gasteiger partial charge in [0.1, 0.15) is 13.2 Å². The minimum absolute atomic E-state index is 0.177. The molecule has 0 bridgehead atoms. The van der Waals surface area contributed by atoms with E-state index in [1.54, 1.807) is 14.2 Å². The van der Waals surface area contributed by atoms with Gasteiger partial charge >= 0.3 is 11.9 Å². The number of carbonyl (C=O) groups is 2. The predicted octanol–water partition coefficient (Wildman–Crippen LogP) is 1.21. The van der Waals surface area contributed by atoms with Gasteiger partial charge in [0, 0.05) is 20.6 Å². The van der Waals surface area contributed by atoms with Crippen LogP contribution < -0.4 is 0 Å². The van der Waals surface area contributed by atoms with Gasteiger partial charge in [-0.3, -0.25) is 9.59 Å². The predicted molar refractivity (Wildman–Crippen MR) is 90.3 cm³/mol. The summed E-state index contributed by atoms with van der Waals surface area (Å²) in [4.78, 5) is 23.6. The lowest BCUT2D eigenvalue weighted by Crippen LogP contribution is -2.21. The Labute approximate surface area is 150 Å². The van der Waals surface area contributed by atoms with Crippen LogP contribution in [0.5, 0.6) is 0 Å². The Morgan fingerprint density at radius 2 is 1.28 bits per heavy atom. The van der Waals surface area contributed by atoms with Gasteiger partial charge in [-0.1, -0.05) is 6.92 Å². The van der Waals surface area contributed by atoms with E-state index in [0.717, 1.165) is 0 Å². The number of carbonyl (C=O) groups excluding carboxylic acids is 2. The van der Waals surface area contributed by atoms with E-state index in [-0.39, 0.29) is 37.5 Å². The van der Waals surface area contributed by atoms with E-state index in [2.05, 4.69) is 0 Å². The second-order valence-electron chi connectivity index (χ2n) is 5.24. The largest absolute Gasteiger partial charge is 0.463 e. The van der Waals surface area contributed by atoms with Crippen molar-refractivity contribution in [1.29, 1.82) is 0 Å². The molecule has 0 spiro atoms. The highest BCUT2D eigenvalue weighted by Gasteiger charge is 2.19. The SMILES string of the molecule is CCC(CCC(=O)OCCOCCOC)C(=O)OCCOCCOC. The maximum atomic E-state index is 12.0. The maximum absolute atomic E-state index is 12.0. The molecule has 8 nitrogen and oxygen atoms in total. The van der Waals surface area contributed by atoms with Crippen molar-refractivity contribution in [1.82, 2.24) is 0 Å². The second-order valence-corrected chi connectivity index (χ2v) is 5.24. The van der Waals surface area contributed by atoms with Crippen molar-refractivity contribution in [3.05, 3.63) is 0 Å². The summed E-state index contributed by atoms with van der Waals surface area (Å²) in [6.07, 6.45) is 1.19. The number of hydrogen-bond acceptors (Lipinski definition) is 8. The van der Waals surface area contributed by atoms with Crippen LogP contribution in [0.25, 0.3) is 0 Å². The summed E-state index contributed by atoms with van der Waals surface area (Å²) in [5.41, 5.74) is 0. The summed E-state index contributed by atoms with van der Waals surface area (Å²) in [6, 6.07) is 0. The third-order valence-corrected chi connectivity index (χ3v) is 3.35. The Morgan fingerprint density at radius 1 is 0.760 bits per heavy atom. The molecule has 148 valence electrons. The second kappa shape index (κ2) is 17.6. The van der Waals surface area contributed by atoms with E-state index in [9.17, 15) is 9.59 Å². The van der Waals surface area contributed by atoms with Crippen LogP contribution in [0.15, 0.2) is 0 Å². The lowest BCUT2D eigenvalue weighted by Gasteiger charge is -2.14. The molecule has 0 N–H and O–H groups in total. The Bertz CT molecular complexity index is 335. The average Bonchev–Trinajstić information content (AvgIpc) is 2.61. The summed E-state index contributed by atoms with van der Waals surface area (Å²) < 4.78 is 30.3. The van der Waals surface area contributed by atoms with Crippen molar-refractivity contribution in [2.24, 2.45) is 5.92 Å². The summed E-state index contributed by atoms with van der Waals surface area (Å²) in [6.45, 7) is 4.88. The monoisotopic (exact) mass is 364 g/mol. The van der Waals surface area contributed by atoms with Gasteiger partial charge in [0.2, 0.25) is 0 Å². The first-order chi connectivity index (χ1) is 12.2. The normalized spacial score (nSPS) is 12.0. The molecule has 25 heavy (non-hydrogen) atoms. The van der Waals surface area contributed by atoms with Gasteiger partial charge in [-0.25, -0.2) is 0 Å². The average molecular weight is 364 g/mol. The van der Waals surface area contributed by atoms with Crippen molar-refractivity contribution in [3.63, 3.8) is 0 Å². The summed E-state index contributed by atoms with van der Waals surface area (Å²) in [7, 11) is 3.18. The minimum atomic E-state index is -0.343. The number of esters is 2. The fourth-order valence-corrected chi connectivity index (χ4v) is 1.87. The number of ether oxygens (including phenoxy) is 6. The van der Waals surface area contributed by atoms with E-state index in [0.29, 0.717) is 52.5 Å². The van der Waals surface area contributed by atoms with Gasteiger partial charge < -0.3 is 28.4 Å². The molecular weight excluding hydrogens is 332 g/mol.